The van der Waals surface area contributed by atoms with Gasteiger partial charge in [-0.2, -0.15) is 0 Å². The second-order valence-corrected chi connectivity index (χ2v) is 7.01. The lowest BCUT2D eigenvalue weighted by Gasteiger charge is -2.35. The highest BCUT2D eigenvalue weighted by Gasteiger charge is 2.27. The van der Waals surface area contributed by atoms with Gasteiger partial charge in [0.2, 0.25) is 5.91 Å². The lowest BCUT2D eigenvalue weighted by atomic mass is 10.0. The molecule has 4 nitrogen and oxygen atoms in total. The molecule has 1 amide bonds. The Labute approximate surface area is 137 Å². The van der Waals surface area contributed by atoms with Crippen LogP contribution in [-0.4, -0.2) is 46.4 Å². The zero-order valence-electron chi connectivity index (χ0n) is 13.8. The molecule has 1 N–H and O–H groups in total. The van der Waals surface area contributed by atoms with Crippen molar-refractivity contribution in [3.8, 4) is 0 Å². The van der Waals surface area contributed by atoms with Crippen LogP contribution in [0.25, 0.3) is 10.9 Å². The van der Waals surface area contributed by atoms with Gasteiger partial charge in [-0.05, 0) is 32.4 Å². The number of aromatic amines is 1. The summed E-state index contributed by atoms with van der Waals surface area (Å²) in [5.74, 6) is 0.287. The molecular weight excluding hydrogens is 286 g/mol. The molecule has 122 valence electrons. The van der Waals surface area contributed by atoms with Gasteiger partial charge in [0, 0.05) is 47.7 Å². The van der Waals surface area contributed by atoms with Crippen molar-refractivity contribution in [2.75, 3.05) is 19.6 Å². The minimum absolute atomic E-state index is 0.287. The largest absolute Gasteiger partial charge is 0.358 e. The topological polar surface area (TPSA) is 39.3 Å². The van der Waals surface area contributed by atoms with E-state index in [1.807, 2.05) is 4.90 Å². The van der Waals surface area contributed by atoms with E-state index in [1.54, 1.807) is 0 Å². The first kappa shape index (κ1) is 14.8. The van der Waals surface area contributed by atoms with E-state index in [0.717, 1.165) is 26.1 Å². The predicted molar refractivity (Wildman–Crippen MR) is 92.3 cm³/mol. The van der Waals surface area contributed by atoms with Gasteiger partial charge in [-0.15, -0.1) is 0 Å². The lowest BCUT2D eigenvalue weighted by Crippen LogP contribution is -2.46. The summed E-state index contributed by atoms with van der Waals surface area (Å²) >= 11 is 0. The van der Waals surface area contributed by atoms with Gasteiger partial charge in [0.05, 0.1) is 6.54 Å². The van der Waals surface area contributed by atoms with Gasteiger partial charge in [-0.25, -0.2) is 0 Å². The van der Waals surface area contributed by atoms with Crippen LogP contribution in [0.1, 0.15) is 37.4 Å². The average Bonchev–Trinajstić information content (AvgIpc) is 2.94. The maximum atomic E-state index is 12.8. The van der Waals surface area contributed by atoms with Crippen LogP contribution in [0.2, 0.25) is 0 Å². The molecule has 2 aliphatic rings. The molecule has 23 heavy (non-hydrogen) atoms. The summed E-state index contributed by atoms with van der Waals surface area (Å²) in [4.78, 5) is 20.7. The molecule has 1 aromatic carbocycles. The fraction of sp³-hybridized carbons (Fsp3) is 0.526. The number of rotatable bonds is 2. The lowest BCUT2D eigenvalue weighted by molar-refractivity contribution is -0.134. The van der Waals surface area contributed by atoms with Crippen molar-refractivity contribution in [2.24, 2.45) is 0 Å². The Morgan fingerprint density at radius 2 is 2.13 bits per heavy atom. The number of benzene rings is 1. The van der Waals surface area contributed by atoms with Crippen molar-refractivity contribution in [1.29, 1.82) is 0 Å². The van der Waals surface area contributed by atoms with Crippen molar-refractivity contribution in [1.82, 2.24) is 14.8 Å². The minimum atomic E-state index is 0.287. The fourth-order valence-electron chi connectivity index (χ4n) is 4.05. The molecule has 2 aromatic rings. The zero-order chi connectivity index (χ0) is 15.8. The summed E-state index contributed by atoms with van der Waals surface area (Å²) in [5, 5.41) is 1.27. The molecule has 0 bridgehead atoms. The van der Waals surface area contributed by atoms with E-state index in [-0.39, 0.29) is 5.91 Å². The summed E-state index contributed by atoms with van der Waals surface area (Å²) in [7, 11) is 0. The van der Waals surface area contributed by atoms with Crippen molar-refractivity contribution in [3.05, 3.63) is 35.5 Å². The Kier molecular flexibility index (Phi) is 3.85. The van der Waals surface area contributed by atoms with Crippen LogP contribution >= 0.6 is 0 Å². The number of hydrogen-bond acceptors (Lipinski definition) is 2. The third-order valence-electron chi connectivity index (χ3n) is 5.51. The molecule has 0 spiro atoms. The van der Waals surface area contributed by atoms with E-state index < -0.39 is 0 Å². The van der Waals surface area contributed by atoms with Gasteiger partial charge in [0.1, 0.15) is 0 Å². The van der Waals surface area contributed by atoms with E-state index in [0.29, 0.717) is 12.6 Å². The van der Waals surface area contributed by atoms with E-state index in [9.17, 15) is 4.79 Å². The summed E-state index contributed by atoms with van der Waals surface area (Å²) in [6, 6.07) is 8.96. The number of amides is 1. The van der Waals surface area contributed by atoms with Gasteiger partial charge < -0.3 is 9.88 Å². The number of hydrogen-bond donors (Lipinski definition) is 1. The molecule has 0 unspecified atom stereocenters. The molecule has 2 aliphatic heterocycles. The van der Waals surface area contributed by atoms with E-state index in [4.69, 9.17) is 0 Å². The van der Waals surface area contributed by atoms with E-state index in [1.165, 1.54) is 41.4 Å². The van der Waals surface area contributed by atoms with Crippen LogP contribution in [0.15, 0.2) is 24.3 Å². The number of likely N-dealkylation sites (tertiary alicyclic amines) is 1. The monoisotopic (exact) mass is 311 g/mol. The molecule has 1 fully saturated rings. The molecule has 0 aliphatic carbocycles. The number of nitrogens with zero attached hydrogens (tertiary/aromatic N) is 2. The second kappa shape index (κ2) is 6.00. The quantitative estimate of drug-likeness (QED) is 0.926. The number of para-hydroxylation sites is 1. The van der Waals surface area contributed by atoms with Crippen molar-refractivity contribution in [2.45, 2.75) is 45.2 Å². The highest BCUT2D eigenvalue weighted by atomic mass is 16.2. The van der Waals surface area contributed by atoms with Crippen LogP contribution < -0.4 is 0 Å². The predicted octanol–water partition coefficient (Wildman–Crippen LogP) is 2.93. The average molecular weight is 311 g/mol. The SMILES string of the molecule is C[C@@H]1CCCCN1CC(=O)N1CCc2[nH]c3ccccc3c2C1. The first-order valence-corrected chi connectivity index (χ1v) is 8.82. The molecule has 4 heteroatoms. The normalized spacial score (nSPS) is 22.3. The Hall–Kier alpha value is -1.81. The van der Waals surface area contributed by atoms with Gasteiger partial charge >= 0.3 is 0 Å². The molecule has 3 heterocycles. The summed E-state index contributed by atoms with van der Waals surface area (Å²) in [6.45, 7) is 5.49. The van der Waals surface area contributed by atoms with Crippen LogP contribution in [0.4, 0.5) is 0 Å². The van der Waals surface area contributed by atoms with Gasteiger partial charge in [-0.1, -0.05) is 24.6 Å². The minimum Gasteiger partial charge on any atom is -0.358 e. The number of aromatic nitrogens is 1. The summed E-state index contributed by atoms with van der Waals surface area (Å²) < 4.78 is 0. The first-order chi connectivity index (χ1) is 11.2. The van der Waals surface area contributed by atoms with E-state index >= 15 is 0 Å². The molecule has 1 saturated heterocycles. The Morgan fingerprint density at radius 1 is 1.26 bits per heavy atom. The number of carbonyl (C=O) groups excluding carboxylic acids is 1. The van der Waals surface area contributed by atoms with Crippen molar-refractivity contribution in [3.63, 3.8) is 0 Å². The Bertz CT molecular complexity index is 720. The molecule has 0 radical (unpaired) electrons. The van der Waals surface area contributed by atoms with Gasteiger partial charge in [0.25, 0.3) is 0 Å². The molecule has 0 saturated carbocycles. The zero-order valence-corrected chi connectivity index (χ0v) is 13.8. The number of piperidine rings is 1. The van der Waals surface area contributed by atoms with Crippen molar-refractivity contribution < 1.29 is 4.79 Å². The third kappa shape index (κ3) is 2.76. The maximum Gasteiger partial charge on any atom is 0.237 e. The third-order valence-corrected chi connectivity index (χ3v) is 5.51. The summed E-state index contributed by atoms with van der Waals surface area (Å²) in [6.07, 6.45) is 4.68. The number of carbonyl (C=O) groups is 1. The standard InChI is InChI=1S/C19H25N3O/c1-14-6-4-5-10-21(14)13-19(23)22-11-9-18-16(12-22)15-7-2-3-8-17(15)20-18/h2-3,7-8,14,20H,4-6,9-13H2,1H3/t14-/m1/s1. The first-order valence-electron chi connectivity index (χ1n) is 8.82. The van der Waals surface area contributed by atoms with Crippen LogP contribution in [-0.2, 0) is 17.8 Å². The summed E-state index contributed by atoms with van der Waals surface area (Å²) in [5.41, 5.74) is 3.81. The molecule has 1 atom stereocenters. The second-order valence-electron chi connectivity index (χ2n) is 7.01. The van der Waals surface area contributed by atoms with Gasteiger partial charge in [-0.3, -0.25) is 9.69 Å². The number of fused-ring (bicyclic) bond motifs is 3. The van der Waals surface area contributed by atoms with E-state index in [2.05, 4.69) is 41.1 Å². The highest BCUT2D eigenvalue weighted by molar-refractivity contribution is 5.86. The molecule has 4 rings (SSSR count). The van der Waals surface area contributed by atoms with Crippen molar-refractivity contribution >= 4 is 16.8 Å². The maximum absolute atomic E-state index is 12.8. The Morgan fingerprint density at radius 3 is 3.00 bits per heavy atom. The van der Waals surface area contributed by atoms with Gasteiger partial charge in [0.15, 0.2) is 0 Å². The fourth-order valence-corrected chi connectivity index (χ4v) is 4.05. The number of nitrogens with one attached hydrogen (secondary N) is 1. The van der Waals surface area contributed by atoms with Crippen LogP contribution in [0, 0.1) is 0 Å². The smallest absolute Gasteiger partial charge is 0.237 e. The van der Waals surface area contributed by atoms with Crippen LogP contribution in [0.3, 0.4) is 0 Å². The highest BCUT2D eigenvalue weighted by Crippen LogP contribution is 2.27. The van der Waals surface area contributed by atoms with Crippen LogP contribution in [0.5, 0.6) is 0 Å². The molecule has 1 aromatic heterocycles. The Balaban J connectivity index is 1.50. The number of H-pyrrole nitrogens is 1. The molecular formula is C19H25N3O.